The first kappa shape index (κ1) is 11.0. The van der Waals surface area contributed by atoms with E-state index in [2.05, 4.69) is 0 Å². The number of hydrogen-bond donors (Lipinski definition) is 2. The highest BCUT2D eigenvalue weighted by Gasteiger charge is 2.21. The summed E-state index contributed by atoms with van der Waals surface area (Å²) >= 11 is 5.72. The molecule has 1 aromatic rings. The summed E-state index contributed by atoms with van der Waals surface area (Å²) in [5.74, 6) is 0. The number of nitro benzene ring substituents is 1. The predicted molar refractivity (Wildman–Crippen MR) is 52.7 cm³/mol. The molecule has 0 heterocycles. The van der Waals surface area contributed by atoms with Crippen LogP contribution in [0.25, 0.3) is 0 Å². The highest BCUT2D eigenvalue weighted by molar-refractivity contribution is 6.63. The lowest BCUT2D eigenvalue weighted by Gasteiger charge is -2.05. The highest BCUT2D eigenvalue weighted by Crippen LogP contribution is 2.19. The van der Waals surface area contributed by atoms with E-state index in [1.165, 1.54) is 6.07 Å². The largest absolute Gasteiger partial charge is 0.490 e. The predicted octanol–water partition coefficient (Wildman–Crippen LogP) is 0.236. The van der Waals surface area contributed by atoms with Crippen LogP contribution in [0, 0.1) is 17.0 Å². The molecule has 0 unspecified atom stereocenters. The van der Waals surface area contributed by atoms with Crippen LogP contribution in [-0.4, -0.2) is 22.1 Å². The van der Waals surface area contributed by atoms with Crippen molar-refractivity contribution in [3.8, 4) is 0 Å². The number of benzene rings is 1. The van der Waals surface area contributed by atoms with E-state index in [1.54, 1.807) is 6.92 Å². The summed E-state index contributed by atoms with van der Waals surface area (Å²) in [6.07, 6.45) is 0. The Hall–Kier alpha value is -1.11. The number of rotatable bonds is 2. The molecule has 0 saturated carbocycles. The van der Waals surface area contributed by atoms with Crippen molar-refractivity contribution in [2.75, 3.05) is 0 Å². The van der Waals surface area contributed by atoms with Crippen LogP contribution in [0.1, 0.15) is 5.56 Å². The molecule has 5 nitrogen and oxygen atoms in total. The van der Waals surface area contributed by atoms with Crippen molar-refractivity contribution in [2.45, 2.75) is 6.92 Å². The molecule has 74 valence electrons. The molecule has 1 aromatic carbocycles. The minimum absolute atomic E-state index is 0.0571. The van der Waals surface area contributed by atoms with E-state index in [-0.39, 0.29) is 16.2 Å². The SMILES string of the molecule is Cc1cc([N+](=O)[O-])cc(B(O)O)c1Cl. The molecule has 0 radical (unpaired) electrons. The minimum atomic E-state index is -1.80. The van der Waals surface area contributed by atoms with Crippen LogP contribution in [0.3, 0.4) is 0 Å². The number of nitro groups is 1. The van der Waals surface area contributed by atoms with E-state index in [0.29, 0.717) is 5.56 Å². The Morgan fingerprint density at radius 2 is 2.07 bits per heavy atom. The van der Waals surface area contributed by atoms with Gasteiger partial charge in [0.05, 0.1) is 4.92 Å². The summed E-state index contributed by atoms with van der Waals surface area (Å²) in [5.41, 5.74) is 0.164. The van der Waals surface area contributed by atoms with E-state index in [4.69, 9.17) is 21.6 Å². The summed E-state index contributed by atoms with van der Waals surface area (Å²) < 4.78 is 0. The first-order chi connectivity index (χ1) is 6.43. The molecular weight excluding hydrogens is 208 g/mol. The van der Waals surface area contributed by atoms with Crippen molar-refractivity contribution in [2.24, 2.45) is 0 Å². The van der Waals surface area contributed by atoms with Gasteiger partial charge in [0.25, 0.3) is 5.69 Å². The molecule has 14 heavy (non-hydrogen) atoms. The molecule has 0 amide bonds. The zero-order chi connectivity index (χ0) is 10.9. The van der Waals surface area contributed by atoms with Crippen molar-refractivity contribution in [1.82, 2.24) is 0 Å². The van der Waals surface area contributed by atoms with Crippen LogP contribution in [0.2, 0.25) is 5.02 Å². The van der Waals surface area contributed by atoms with E-state index in [9.17, 15) is 10.1 Å². The smallest absolute Gasteiger partial charge is 0.423 e. The average Bonchev–Trinajstić information content (AvgIpc) is 2.08. The summed E-state index contributed by atoms with van der Waals surface area (Å²) in [7, 11) is -1.80. The van der Waals surface area contributed by atoms with Crippen LogP contribution in [0.4, 0.5) is 5.69 Å². The standard InChI is InChI=1S/C7H7BClNO4/c1-4-2-5(10(13)14)3-6(7(4)9)8(11)12/h2-3,11-12H,1H3. The monoisotopic (exact) mass is 215 g/mol. The Morgan fingerprint density at radius 3 is 2.50 bits per heavy atom. The lowest BCUT2D eigenvalue weighted by Crippen LogP contribution is -2.31. The van der Waals surface area contributed by atoms with Gasteiger partial charge in [-0.05, 0) is 12.5 Å². The van der Waals surface area contributed by atoms with E-state index < -0.39 is 12.0 Å². The van der Waals surface area contributed by atoms with Crippen molar-refractivity contribution in [1.29, 1.82) is 0 Å². The van der Waals surface area contributed by atoms with Gasteiger partial charge in [-0.25, -0.2) is 0 Å². The Labute approximate surface area is 85.2 Å². The number of nitrogens with zero attached hydrogens (tertiary/aromatic N) is 1. The number of aryl methyl sites for hydroxylation is 1. The zero-order valence-electron chi connectivity index (χ0n) is 7.27. The Kier molecular flexibility index (Phi) is 3.10. The zero-order valence-corrected chi connectivity index (χ0v) is 8.02. The lowest BCUT2D eigenvalue weighted by molar-refractivity contribution is -0.384. The molecule has 0 aliphatic carbocycles. The van der Waals surface area contributed by atoms with Crippen LogP contribution in [0.5, 0.6) is 0 Å². The number of hydrogen-bond acceptors (Lipinski definition) is 4. The summed E-state index contributed by atoms with van der Waals surface area (Å²) in [6.45, 7) is 1.56. The second-order valence-electron chi connectivity index (χ2n) is 2.80. The van der Waals surface area contributed by atoms with Gasteiger partial charge in [-0.2, -0.15) is 0 Å². The van der Waals surface area contributed by atoms with Gasteiger partial charge in [0.2, 0.25) is 0 Å². The Bertz CT molecular complexity index is 382. The molecule has 0 aliphatic rings. The third kappa shape index (κ3) is 2.04. The van der Waals surface area contributed by atoms with Gasteiger partial charge >= 0.3 is 7.12 Å². The molecule has 0 aliphatic heterocycles. The van der Waals surface area contributed by atoms with Crippen LogP contribution < -0.4 is 5.46 Å². The summed E-state index contributed by atoms with van der Waals surface area (Å²) in [5, 5.41) is 28.3. The van der Waals surface area contributed by atoms with Gasteiger partial charge in [-0.15, -0.1) is 0 Å². The van der Waals surface area contributed by atoms with Gasteiger partial charge < -0.3 is 10.0 Å². The average molecular weight is 215 g/mol. The van der Waals surface area contributed by atoms with Gasteiger partial charge in [-0.3, -0.25) is 10.1 Å². The van der Waals surface area contributed by atoms with Crippen molar-refractivity contribution in [3.63, 3.8) is 0 Å². The maximum Gasteiger partial charge on any atom is 0.490 e. The quantitative estimate of drug-likeness (QED) is 0.420. The van der Waals surface area contributed by atoms with Crippen molar-refractivity contribution in [3.05, 3.63) is 32.8 Å². The van der Waals surface area contributed by atoms with E-state index in [0.717, 1.165) is 6.07 Å². The molecule has 0 bridgehead atoms. The fraction of sp³-hybridized carbons (Fsp3) is 0.143. The fourth-order valence-electron chi connectivity index (χ4n) is 1.07. The highest BCUT2D eigenvalue weighted by atomic mass is 35.5. The third-order valence-electron chi connectivity index (χ3n) is 1.76. The molecule has 0 aromatic heterocycles. The second kappa shape index (κ2) is 3.95. The van der Waals surface area contributed by atoms with Gasteiger partial charge in [0.1, 0.15) is 0 Å². The fourth-order valence-corrected chi connectivity index (χ4v) is 1.28. The van der Waals surface area contributed by atoms with Gasteiger partial charge in [0.15, 0.2) is 0 Å². The maximum absolute atomic E-state index is 10.4. The van der Waals surface area contributed by atoms with Crippen LogP contribution in [0.15, 0.2) is 12.1 Å². The number of halogens is 1. The van der Waals surface area contributed by atoms with Gasteiger partial charge in [-0.1, -0.05) is 11.6 Å². The van der Waals surface area contributed by atoms with Crippen molar-refractivity contribution < 1.29 is 15.0 Å². The first-order valence-corrected chi connectivity index (χ1v) is 4.12. The van der Waals surface area contributed by atoms with Crippen LogP contribution in [-0.2, 0) is 0 Å². The van der Waals surface area contributed by atoms with Crippen molar-refractivity contribution >= 4 is 29.9 Å². The lowest BCUT2D eigenvalue weighted by atomic mass is 9.79. The molecule has 7 heteroatoms. The molecule has 0 atom stereocenters. The molecule has 1 rings (SSSR count). The molecule has 0 spiro atoms. The summed E-state index contributed by atoms with van der Waals surface area (Å²) in [4.78, 5) is 9.82. The Morgan fingerprint density at radius 1 is 1.50 bits per heavy atom. The first-order valence-electron chi connectivity index (χ1n) is 3.74. The van der Waals surface area contributed by atoms with Crippen LogP contribution >= 0.6 is 11.6 Å². The summed E-state index contributed by atoms with van der Waals surface area (Å²) in [6, 6.07) is 2.31. The maximum atomic E-state index is 10.4. The van der Waals surface area contributed by atoms with E-state index in [1.807, 2.05) is 0 Å². The molecule has 2 N–H and O–H groups in total. The van der Waals surface area contributed by atoms with E-state index >= 15 is 0 Å². The number of non-ortho nitro benzene ring substituents is 1. The topological polar surface area (TPSA) is 83.6 Å². The molecule has 0 fully saturated rings. The second-order valence-corrected chi connectivity index (χ2v) is 3.17. The Balaban J connectivity index is 3.35. The van der Waals surface area contributed by atoms with Gasteiger partial charge in [0, 0.05) is 22.6 Å². The third-order valence-corrected chi connectivity index (χ3v) is 2.27. The minimum Gasteiger partial charge on any atom is -0.423 e. The normalized spacial score (nSPS) is 10.0. The molecular formula is C7H7BClNO4. The molecule has 0 saturated heterocycles.